The molecule has 4 rings (SSSR count). The van der Waals surface area contributed by atoms with E-state index in [0.29, 0.717) is 23.6 Å². The summed E-state index contributed by atoms with van der Waals surface area (Å²) in [5, 5.41) is 3.79. The van der Waals surface area contributed by atoms with Gasteiger partial charge < -0.3 is 19.2 Å². The molecule has 6 heteroatoms. The second-order valence-electron chi connectivity index (χ2n) is 8.09. The van der Waals surface area contributed by atoms with Gasteiger partial charge in [0.1, 0.15) is 11.3 Å². The highest BCUT2D eigenvalue weighted by Crippen LogP contribution is 2.40. The van der Waals surface area contributed by atoms with Crippen molar-refractivity contribution in [2.24, 2.45) is 0 Å². The van der Waals surface area contributed by atoms with Crippen molar-refractivity contribution in [1.82, 2.24) is 0 Å². The number of anilines is 1. The number of aryl methyl sites for hydroxylation is 1. The zero-order chi connectivity index (χ0) is 24.9. The van der Waals surface area contributed by atoms with Crippen molar-refractivity contribution in [3.63, 3.8) is 0 Å². The lowest BCUT2D eigenvalue weighted by Gasteiger charge is -2.13. The number of benzene rings is 3. The molecule has 1 heterocycles. The molecular weight excluding hydrogens is 442 g/mol. The van der Waals surface area contributed by atoms with Crippen molar-refractivity contribution >= 4 is 34.1 Å². The minimum Gasteiger partial charge on any atom is -0.496 e. The van der Waals surface area contributed by atoms with Crippen molar-refractivity contribution in [3.8, 4) is 16.9 Å². The molecule has 35 heavy (non-hydrogen) atoms. The molecule has 1 aromatic heterocycles. The van der Waals surface area contributed by atoms with Crippen molar-refractivity contribution in [3.05, 3.63) is 89.7 Å². The van der Waals surface area contributed by atoms with Crippen LogP contribution in [-0.4, -0.2) is 25.6 Å². The summed E-state index contributed by atoms with van der Waals surface area (Å²) in [6.07, 6.45) is 3.28. The Kier molecular flexibility index (Phi) is 7.01. The quantitative estimate of drug-likeness (QED) is 0.243. The van der Waals surface area contributed by atoms with E-state index in [1.165, 1.54) is 6.08 Å². The van der Waals surface area contributed by atoms with Crippen molar-refractivity contribution in [1.29, 1.82) is 0 Å². The molecular formula is C29H27NO5. The molecule has 178 valence electrons. The van der Waals surface area contributed by atoms with E-state index < -0.39 is 5.97 Å². The fraction of sp³-hybridized carbons (Fsp3) is 0.172. The van der Waals surface area contributed by atoms with Gasteiger partial charge in [-0.15, -0.1) is 0 Å². The normalized spacial score (nSPS) is 11.4. The molecule has 6 nitrogen and oxygen atoms in total. The van der Waals surface area contributed by atoms with E-state index in [-0.39, 0.29) is 5.91 Å². The number of hydrogen-bond donors (Lipinski definition) is 1. The number of furan rings is 1. The van der Waals surface area contributed by atoms with Crippen LogP contribution in [0.15, 0.2) is 77.4 Å². The number of ether oxygens (including phenoxy) is 2. The summed E-state index contributed by atoms with van der Waals surface area (Å²) in [5.41, 5.74) is 6.20. The molecule has 0 aliphatic carbocycles. The Labute approximate surface area is 204 Å². The van der Waals surface area contributed by atoms with E-state index in [4.69, 9.17) is 13.9 Å². The average molecular weight is 470 g/mol. The lowest BCUT2D eigenvalue weighted by molar-refractivity contribution is -0.111. The maximum absolute atomic E-state index is 12.8. The van der Waals surface area contributed by atoms with Gasteiger partial charge >= 0.3 is 5.97 Å². The third kappa shape index (κ3) is 4.96. The second kappa shape index (κ2) is 10.3. The standard InChI is InChI=1S/C29H27NO5/c1-5-34-29(32)21-11-13-22(14-12-21)30-26(31)15-18(2)23-16-24-25(20-9-7-6-8-10-20)17-35-28(24)19(3)27(23)33-4/h6-17H,5H2,1-4H3,(H,30,31)/b18-15+. The maximum Gasteiger partial charge on any atom is 0.338 e. The van der Waals surface area contributed by atoms with E-state index in [9.17, 15) is 9.59 Å². The third-order valence-corrected chi connectivity index (χ3v) is 5.77. The van der Waals surface area contributed by atoms with Crippen molar-refractivity contribution in [2.75, 3.05) is 19.0 Å². The van der Waals surface area contributed by atoms with Gasteiger partial charge in [-0.3, -0.25) is 4.79 Å². The summed E-state index contributed by atoms with van der Waals surface area (Å²) < 4.78 is 16.6. The summed E-state index contributed by atoms with van der Waals surface area (Å²) in [6.45, 7) is 5.88. The number of nitrogens with one attached hydrogen (secondary N) is 1. The second-order valence-corrected chi connectivity index (χ2v) is 8.09. The molecule has 0 unspecified atom stereocenters. The molecule has 0 atom stereocenters. The number of fused-ring (bicyclic) bond motifs is 1. The van der Waals surface area contributed by atoms with Crippen molar-refractivity contribution < 1.29 is 23.5 Å². The Hall–Kier alpha value is -4.32. The van der Waals surface area contributed by atoms with Gasteiger partial charge in [-0.2, -0.15) is 0 Å². The predicted octanol–water partition coefficient (Wildman–Crippen LogP) is 6.64. The number of amides is 1. The Balaban J connectivity index is 1.64. The van der Waals surface area contributed by atoms with Gasteiger partial charge in [0.25, 0.3) is 0 Å². The molecule has 0 saturated heterocycles. The Morgan fingerprint density at radius 1 is 1.06 bits per heavy atom. The number of rotatable bonds is 7. The van der Waals surface area contributed by atoms with E-state index in [1.54, 1.807) is 44.6 Å². The van der Waals surface area contributed by atoms with E-state index in [0.717, 1.165) is 38.8 Å². The summed E-state index contributed by atoms with van der Waals surface area (Å²) >= 11 is 0. The van der Waals surface area contributed by atoms with Gasteiger partial charge in [0.05, 0.1) is 25.5 Å². The predicted molar refractivity (Wildman–Crippen MR) is 138 cm³/mol. The third-order valence-electron chi connectivity index (χ3n) is 5.77. The first-order chi connectivity index (χ1) is 16.9. The van der Waals surface area contributed by atoms with Gasteiger partial charge in [-0.25, -0.2) is 4.79 Å². The molecule has 4 aromatic rings. The molecule has 1 N–H and O–H groups in total. The van der Waals surface area contributed by atoms with Crippen molar-refractivity contribution in [2.45, 2.75) is 20.8 Å². The zero-order valence-electron chi connectivity index (χ0n) is 20.2. The minimum atomic E-state index is -0.395. The smallest absolute Gasteiger partial charge is 0.338 e. The molecule has 0 spiro atoms. The summed E-state index contributed by atoms with van der Waals surface area (Å²) in [6, 6.07) is 18.6. The van der Waals surface area contributed by atoms with Crippen LogP contribution in [0, 0.1) is 6.92 Å². The molecule has 0 fully saturated rings. The number of methoxy groups -OCH3 is 1. The summed E-state index contributed by atoms with van der Waals surface area (Å²) in [4.78, 5) is 24.6. The first kappa shape index (κ1) is 23.8. The Morgan fingerprint density at radius 3 is 2.43 bits per heavy atom. The van der Waals surface area contributed by atoms with Gasteiger partial charge in [0.15, 0.2) is 0 Å². The zero-order valence-corrected chi connectivity index (χ0v) is 20.2. The molecule has 1 amide bonds. The monoisotopic (exact) mass is 469 g/mol. The van der Waals surface area contributed by atoms with E-state index in [1.807, 2.05) is 50.2 Å². The van der Waals surface area contributed by atoms with Crippen LogP contribution in [0.1, 0.15) is 35.3 Å². The van der Waals surface area contributed by atoms with Crippen LogP contribution in [0.3, 0.4) is 0 Å². The van der Waals surface area contributed by atoms with Gasteiger partial charge in [-0.1, -0.05) is 30.3 Å². The van der Waals surface area contributed by atoms with E-state index in [2.05, 4.69) is 5.32 Å². The topological polar surface area (TPSA) is 77.8 Å². The molecule has 0 saturated carbocycles. The molecule has 0 radical (unpaired) electrons. The van der Waals surface area contributed by atoms with Crippen LogP contribution in [0.25, 0.3) is 27.7 Å². The fourth-order valence-corrected chi connectivity index (χ4v) is 4.07. The highest BCUT2D eigenvalue weighted by Gasteiger charge is 2.19. The SMILES string of the molecule is CCOC(=O)c1ccc(NC(=O)/C=C(\C)c2cc3c(-c4ccccc4)coc3c(C)c2OC)cc1. The van der Waals surface area contributed by atoms with Gasteiger partial charge in [-0.05, 0) is 62.2 Å². The Bertz CT molecular complexity index is 1400. The highest BCUT2D eigenvalue weighted by atomic mass is 16.5. The van der Waals surface area contributed by atoms with Crippen LogP contribution in [-0.2, 0) is 9.53 Å². The van der Waals surface area contributed by atoms with Gasteiger partial charge in [0, 0.05) is 33.8 Å². The minimum absolute atomic E-state index is 0.290. The molecule has 0 bridgehead atoms. The fourth-order valence-electron chi connectivity index (χ4n) is 4.07. The highest BCUT2D eigenvalue weighted by molar-refractivity contribution is 6.06. The van der Waals surface area contributed by atoms with Crippen LogP contribution in [0.4, 0.5) is 5.69 Å². The van der Waals surface area contributed by atoms with E-state index >= 15 is 0 Å². The number of carbonyl (C=O) groups is 2. The number of hydrogen-bond acceptors (Lipinski definition) is 5. The molecule has 0 aliphatic rings. The lowest BCUT2D eigenvalue weighted by Crippen LogP contribution is -2.09. The van der Waals surface area contributed by atoms with Crippen LogP contribution in [0.2, 0.25) is 0 Å². The van der Waals surface area contributed by atoms with Crippen LogP contribution < -0.4 is 10.1 Å². The number of esters is 1. The average Bonchev–Trinajstić information content (AvgIpc) is 3.29. The van der Waals surface area contributed by atoms with Crippen LogP contribution >= 0.6 is 0 Å². The first-order valence-electron chi connectivity index (χ1n) is 11.3. The summed E-state index contributed by atoms with van der Waals surface area (Å²) in [7, 11) is 1.61. The van der Waals surface area contributed by atoms with Crippen LogP contribution in [0.5, 0.6) is 5.75 Å². The number of allylic oxidation sites excluding steroid dienone is 1. The first-order valence-corrected chi connectivity index (χ1v) is 11.3. The number of carbonyl (C=O) groups excluding carboxylic acids is 2. The van der Waals surface area contributed by atoms with Gasteiger partial charge in [0.2, 0.25) is 5.91 Å². The largest absolute Gasteiger partial charge is 0.496 e. The Morgan fingerprint density at radius 2 is 1.77 bits per heavy atom. The maximum atomic E-state index is 12.8. The lowest BCUT2D eigenvalue weighted by atomic mass is 9.96. The molecule has 3 aromatic carbocycles. The summed E-state index contributed by atoms with van der Waals surface area (Å²) in [5.74, 6) is -0.0263. The molecule has 0 aliphatic heterocycles.